The molecule has 2 bridgehead atoms. The fourth-order valence-electron chi connectivity index (χ4n) is 4.60. The Bertz CT molecular complexity index is 1220. The SMILES string of the molecule is COc1ccc(NC(=O)[C@@H]2[C@@H]3NC(=S)N(c4ccc(Br)cc4)[C@]2(C)Oc2ccccc23)cc1. The fourth-order valence-corrected chi connectivity index (χ4v) is 5.28. The van der Waals surface area contributed by atoms with Crippen molar-refractivity contribution in [1.82, 2.24) is 5.32 Å². The molecule has 168 valence electrons. The second-order valence-electron chi connectivity index (χ2n) is 8.13. The van der Waals surface area contributed by atoms with Crippen LogP contribution in [0.25, 0.3) is 0 Å². The molecule has 3 aromatic rings. The van der Waals surface area contributed by atoms with Gasteiger partial charge >= 0.3 is 0 Å². The molecule has 2 heterocycles. The van der Waals surface area contributed by atoms with Crippen molar-refractivity contribution in [3.63, 3.8) is 0 Å². The smallest absolute Gasteiger partial charge is 0.236 e. The first-order valence-electron chi connectivity index (χ1n) is 10.5. The number of anilines is 2. The number of methoxy groups -OCH3 is 1. The lowest BCUT2D eigenvalue weighted by Crippen LogP contribution is -2.72. The molecule has 2 N–H and O–H groups in total. The third-order valence-corrected chi connectivity index (χ3v) is 6.96. The van der Waals surface area contributed by atoms with Gasteiger partial charge in [0, 0.05) is 21.4 Å². The number of nitrogens with one attached hydrogen (secondary N) is 2. The van der Waals surface area contributed by atoms with Crippen LogP contribution in [0.15, 0.2) is 77.3 Å². The lowest BCUT2D eigenvalue weighted by atomic mass is 9.78. The van der Waals surface area contributed by atoms with Gasteiger partial charge in [-0.2, -0.15) is 0 Å². The van der Waals surface area contributed by atoms with Crippen LogP contribution in [0.1, 0.15) is 18.5 Å². The summed E-state index contributed by atoms with van der Waals surface area (Å²) < 4.78 is 12.7. The number of para-hydroxylation sites is 1. The first-order valence-corrected chi connectivity index (χ1v) is 11.7. The Morgan fingerprint density at radius 2 is 1.82 bits per heavy atom. The van der Waals surface area contributed by atoms with Crippen molar-refractivity contribution in [3.05, 3.63) is 82.8 Å². The highest BCUT2D eigenvalue weighted by Gasteiger charge is 2.59. The molecule has 0 unspecified atom stereocenters. The van der Waals surface area contributed by atoms with E-state index in [0.717, 1.165) is 27.2 Å². The van der Waals surface area contributed by atoms with Crippen LogP contribution in [0.2, 0.25) is 0 Å². The topological polar surface area (TPSA) is 62.8 Å². The fraction of sp³-hybridized carbons (Fsp3) is 0.200. The van der Waals surface area contributed by atoms with Gasteiger partial charge in [0.25, 0.3) is 0 Å². The van der Waals surface area contributed by atoms with E-state index in [2.05, 4.69) is 26.6 Å². The average molecular weight is 524 g/mol. The zero-order chi connectivity index (χ0) is 23.2. The van der Waals surface area contributed by atoms with Crippen LogP contribution in [-0.2, 0) is 4.79 Å². The van der Waals surface area contributed by atoms with Crippen LogP contribution in [0.4, 0.5) is 11.4 Å². The van der Waals surface area contributed by atoms with Gasteiger partial charge < -0.3 is 20.1 Å². The van der Waals surface area contributed by atoms with Crippen LogP contribution in [0, 0.1) is 5.92 Å². The van der Waals surface area contributed by atoms with E-state index >= 15 is 0 Å². The van der Waals surface area contributed by atoms with E-state index in [0.29, 0.717) is 10.8 Å². The minimum Gasteiger partial charge on any atom is -0.497 e. The molecule has 0 aromatic heterocycles. The summed E-state index contributed by atoms with van der Waals surface area (Å²) in [6, 6.07) is 22.5. The van der Waals surface area contributed by atoms with Gasteiger partial charge in [0.2, 0.25) is 5.91 Å². The number of carbonyl (C=O) groups excluding carboxylic acids is 1. The number of nitrogens with zero attached hydrogens (tertiary/aromatic N) is 1. The molecular weight excluding hydrogens is 502 g/mol. The number of fused-ring (bicyclic) bond motifs is 4. The molecule has 0 saturated carbocycles. The molecular formula is C25H22BrN3O3S. The van der Waals surface area contributed by atoms with Crippen LogP contribution < -0.4 is 25.0 Å². The zero-order valence-corrected chi connectivity index (χ0v) is 20.4. The molecule has 8 heteroatoms. The molecule has 6 nitrogen and oxygen atoms in total. The van der Waals surface area contributed by atoms with Crippen molar-refractivity contribution in [2.45, 2.75) is 18.7 Å². The van der Waals surface area contributed by atoms with Gasteiger partial charge in [0.15, 0.2) is 10.8 Å². The number of amides is 1. The summed E-state index contributed by atoms with van der Waals surface area (Å²) in [7, 11) is 1.61. The quantitative estimate of drug-likeness (QED) is 0.455. The van der Waals surface area contributed by atoms with Gasteiger partial charge in [-0.15, -0.1) is 0 Å². The number of ether oxygens (including phenoxy) is 2. The monoisotopic (exact) mass is 523 g/mol. The molecule has 0 spiro atoms. The number of halogens is 1. The molecule has 5 rings (SSSR count). The van der Waals surface area contributed by atoms with E-state index in [1.165, 1.54) is 0 Å². The number of thiocarbonyl (C=S) groups is 1. The van der Waals surface area contributed by atoms with Crippen LogP contribution in [0.5, 0.6) is 11.5 Å². The molecule has 1 amide bonds. The predicted octanol–water partition coefficient (Wildman–Crippen LogP) is 5.26. The number of benzene rings is 3. The standard InChI is InChI=1S/C25H22BrN3O3S/c1-25-21(23(30)27-16-9-13-18(31-2)14-10-16)22(19-5-3-4-6-20(19)32-25)28-24(33)29(25)17-11-7-15(26)8-12-17/h3-14,21-22H,1-2H3,(H,27,30)(H,28,33)/t21-,22+,25+/m0/s1. The number of carbonyl (C=O) groups is 1. The molecule has 1 fully saturated rings. The second kappa shape index (κ2) is 8.35. The Kier molecular flexibility index (Phi) is 5.50. The summed E-state index contributed by atoms with van der Waals surface area (Å²) in [5.74, 6) is 0.694. The molecule has 0 aliphatic carbocycles. The number of rotatable bonds is 4. The Hall–Kier alpha value is -3.10. The van der Waals surface area contributed by atoms with Crippen molar-refractivity contribution >= 4 is 50.5 Å². The van der Waals surface area contributed by atoms with Crippen molar-refractivity contribution in [2.24, 2.45) is 5.92 Å². The van der Waals surface area contributed by atoms with E-state index in [-0.39, 0.29) is 11.9 Å². The Labute approximate surface area is 206 Å². The summed E-state index contributed by atoms with van der Waals surface area (Å²) in [6.07, 6.45) is 0. The minimum absolute atomic E-state index is 0.167. The van der Waals surface area contributed by atoms with Gasteiger partial charge in [-0.25, -0.2) is 0 Å². The lowest BCUT2D eigenvalue weighted by Gasteiger charge is -2.56. The minimum atomic E-state index is -1.05. The Morgan fingerprint density at radius 1 is 1.12 bits per heavy atom. The number of hydrogen-bond donors (Lipinski definition) is 2. The van der Waals surface area contributed by atoms with E-state index in [4.69, 9.17) is 21.7 Å². The maximum atomic E-state index is 13.7. The van der Waals surface area contributed by atoms with Gasteiger partial charge in [-0.05, 0) is 73.7 Å². The van der Waals surface area contributed by atoms with Gasteiger partial charge in [0.1, 0.15) is 17.4 Å². The summed E-state index contributed by atoms with van der Waals surface area (Å²) in [6.45, 7) is 1.92. The van der Waals surface area contributed by atoms with Crippen LogP contribution in [0.3, 0.4) is 0 Å². The highest BCUT2D eigenvalue weighted by atomic mass is 79.9. The van der Waals surface area contributed by atoms with Gasteiger partial charge in [-0.3, -0.25) is 9.69 Å². The van der Waals surface area contributed by atoms with Crippen LogP contribution >= 0.6 is 28.1 Å². The van der Waals surface area contributed by atoms with Gasteiger partial charge in [0.05, 0.1) is 13.2 Å². The summed E-state index contributed by atoms with van der Waals surface area (Å²) >= 11 is 9.26. The Balaban J connectivity index is 1.58. The van der Waals surface area contributed by atoms with Crippen molar-refractivity contribution in [3.8, 4) is 11.5 Å². The molecule has 33 heavy (non-hydrogen) atoms. The van der Waals surface area contributed by atoms with E-state index in [1.54, 1.807) is 7.11 Å². The predicted molar refractivity (Wildman–Crippen MR) is 136 cm³/mol. The maximum Gasteiger partial charge on any atom is 0.236 e. The molecule has 1 saturated heterocycles. The first kappa shape index (κ1) is 21.7. The molecule has 2 aliphatic rings. The molecule has 3 atom stereocenters. The normalized spacial score (nSPS) is 23.1. The Morgan fingerprint density at radius 3 is 2.52 bits per heavy atom. The highest BCUT2D eigenvalue weighted by molar-refractivity contribution is 9.10. The van der Waals surface area contributed by atoms with Gasteiger partial charge in [-0.1, -0.05) is 34.1 Å². The van der Waals surface area contributed by atoms with Crippen molar-refractivity contribution < 1.29 is 14.3 Å². The lowest BCUT2D eigenvalue weighted by molar-refractivity contribution is -0.130. The average Bonchev–Trinajstić information content (AvgIpc) is 2.80. The van der Waals surface area contributed by atoms with E-state index in [1.807, 2.05) is 84.6 Å². The summed E-state index contributed by atoms with van der Waals surface area (Å²) in [5, 5.41) is 6.97. The third-order valence-electron chi connectivity index (χ3n) is 6.13. The first-order chi connectivity index (χ1) is 15.9. The highest BCUT2D eigenvalue weighted by Crippen LogP contribution is 2.49. The summed E-state index contributed by atoms with van der Waals surface area (Å²) in [5.41, 5.74) is 1.37. The third kappa shape index (κ3) is 3.73. The second-order valence-corrected chi connectivity index (χ2v) is 9.43. The summed E-state index contributed by atoms with van der Waals surface area (Å²) in [4.78, 5) is 15.6. The van der Waals surface area contributed by atoms with E-state index < -0.39 is 11.6 Å². The van der Waals surface area contributed by atoms with Crippen molar-refractivity contribution in [1.29, 1.82) is 0 Å². The zero-order valence-electron chi connectivity index (χ0n) is 18.0. The molecule has 3 aromatic carbocycles. The largest absolute Gasteiger partial charge is 0.497 e. The molecule has 0 radical (unpaired) electrons. The molecule has 2 aliphatic heterocycles. The van der Waals surface area contributed by atoms with E-state index in [9.17, 15) is 4.79 Å². The number of hydrogen-bond acceptors (Lipinski definition) is 4. The van der Waals surface area contributed by atoms with Crippen molar-refractivity contribution in [2.75, 3.05) is 17.3 Å². The van der Waals surface area contributed by atoms with Crippen LogP contribution in [-0.4, -0.2) is 23.9 Å². The maximum absolute atomic E-state index is 13.7.